The number of hydrogen-bond donors (Lipinski definition) is 0. The molecule has 0 atom stereocenters. The number of piperazine rings is 1. The predicted octanol–water partition coefficient (Wildman–Crippen LogP) is 3.46. The summed E-state index contributed by atoms with van der Waals surface area (Å²) in [5.41, 5.74) is 1.44. The maximum Gasteiger partial charge on any atom is 0.254 e. The molecule has 150 valence electrons. The van der Waals surface area contributed by atoms with Gasteiger partial charge in [-0.05, 0) is 36.8 Å². The van der Waals surface area contributed by atoms with Crippen molar-refractivity contribution in [2.24, 2.45) is 0 Å². The van der Waals surface area contributed by atoms with E-state index in [9.17, 15) is 13.2 Å². The average Bonchev–Trinajstić information content (AvgIpc) is 2.67. The number of methoxy groups -OCH3 is 1. The minimum atomic E-state index is -3.84. The fourth-order valence-electron chi connectivity index (χ4n) is 3.13. The van der Waals surface area contributed by atoms with E-state index in [4.69, 9.17) is 27.9 Å². The van der Waals surface area contributed by atoms with Crippen LogP contribution in [0, 0.1) is 6.92 Å². The molecule has 0 N–H and O–H groups in total. The summed E-state index contributed by atoms with van der Waals surface area (Å²) in [7, 11) is -2.29. The number of halogens is 2. The van der Waals surface area contributed by atoms with Crippen LogP contribution in [-0.4, -0.2) is 56.8 Å². The number of sulfonamides is 1. The van der Waals surface area contributed by atoms with Gasteiger partial charge in [0.25, 0.3) is 5.91 Å². The maximum atomic E-state index is 12.9. The van der Waals surface area contributed by atoms with Crippen LogP contribution in [-0.2, 0) is 10.0 Å². The van der Waals surface area contributed by atoms with Crippen LogP contribution in [0.5, 0.6) is 5.75 Å². The summed E-state index contributed by atoms with van der Waals surface area (Å²) >= 11 is 12.1. The standard InChI is InChI=1S/C19H20Cl2N2O4S/c1-13-6-7-14(12-17(13)27-2)19(24)22-8-10-23(11-9-22)28(25,26)18-15(20)4-3-5-16(18)21/h3-7,12H,8-11H2,1-2H3. The Morgan fingerprint density at radius 2 is 1.64 bits per heavy atom. The number of carbonyl (C=O) groups excluding carboxylic acids is 1. The third kappa shape index (κ3) is 3.98. The van der Waals surface area contributed by atoms with Crippen LogP contribution in [0.1, 0.15) is 15.9 Å². The van der Waals surface area contributed by atoms with Gasteiger partial charge in [0.1, 0.15) is 10.6 Å². The normalized spacial score (nSPS) is 15.5. The van der Waals surface area contributed by atoms with Gasteiger partial charge in [0.2, 0.25) is 10.0 Å². The lowest BCUT2D eigenvalue weighted by Gasteiger charge is -2.34. The molecule has 1 fully saturated rings. The molecular formula is C19H20Cl2N2O4S. The highest BCUT2D eigenvalue weighted by molar-refractivity contribution is 7.89. The number of aryl methyl sites for hydroxylation is 1. The first-order valence-corrected chi connectivity index (χ1v) is 10.8. The maximum absolute atomic E-state index is 12.9. The van der Waals surface area contributed by atoms with Gasteiger partial charge in [-0.25, -0.2) is 8.42 Å². The van der Waals surface area contributed by atoms with Crippen molar-refractivity contribution in [2.45, 2.75) is 11.8 Å². The highest BCUT2D eigenvalue weighted by Gasteiger charge is 2.33. The molecule has 0 unspecified atom stereocenters. The van der Waals surface area contributed by atoms with Gasteiger partial charge in [-0.2, -0.15) is 4.31 Å². The largest absolute Gasteiger partial charge is 0.496 e. The summed E-state index contributed by atoms with van der Waals surface area (Å²) in [6.45, 7) is 2.78. The number of nitrogens with zero attached hydrogens (tertiary/aromatic N) is 2. The molecule has 0 spiro atoms. The molecular weight excluding hydrogens is 423 g/mol. The van der Waals surface area contributed by atoms with E-state index in [1.165, 1.54) is 16.4 Å². The van der Waals surface area contributed by atoms with Crippen LogP contribution in [0.15, 0.2) is 41.3 Å². The zero-order chi connectivity index (χ0) is 20.5. The van der Waals surface area contributed by atoms with E-state index in [2.05, 4.69) is 0 Å². The van der Waals surface area contributed by atoms with Crippen molar-refractivity contribution in [3.63, 3.8) is 0 Å². The molecule has 6 nitrogen and oxygen atoms in total. The molecule has 1 aliphatic rings. The SMILES string of the molecule is COc1cc(C(=O)N2CCN(S(=O)(=O)c3c(Cl)cccc3Cl)CC2)ccc1C. The molecule has 1 amide bonds. The summed E-state index contributed by atoms with van der Waals surface area (Å²) < 4.78 is 32.4. The minimum absolute atomic E-state index is 0.0813. The second-order valence-electron chi connectivity index (χ2n) is 6.43. The van der Waals surface area contributed by atoms with Crippen molar-refractivity contribution in [2.75, 3.05) is 33.3 Å². The second kappa shape index (κ2) is 8.29. The summed E-state index contributed by atoms with van der Waals surface area (Å²) in [5, 5.41) is 0.163. The zero-order valence-corrected chi connectivity index (χ0v) is 17.8. The minimum Gasteiger partial charge on any atom is -0.496 e. The van der Waals surface area contributed by atoms with Crippen LogP contribution >= 0.6 is 23.2 Å². The van der Waals surface area contributed by atoms with Crippen molar-refractivity contribution in [1.82, 2.24) is 9.21 Å². The van der Waals surface area contributed by atoms with Crippen LogP contribution in [0.2, 0.25) is 10.0 Å². The molecule has 2 aromatic rings. The van der Waals surface area contributed by atoms with Crippen LogP contribution in [0.3, 0.4) is 0 Å². The Morgan fingerprint density at radius 1 is 1.04 bits per heavy atom. The molecule has 2 aromatic carbocycles. The van der Waals surface area contributed by atoms with Crippen LogP contribution < -0.4 is 4.74 Å². The van der Waals surface area contributed by atoms with E-state index >= 15 is 0 Å². The molecule has 0 radical (unpaired) electrons. The Balaban J connectivity index is 1.75. The fraction of sp³-hybridized carbons (Fsp3) is 0.316. The van der Waals surface area contributed by atoms with Crippen LogP contribution in [0.4, 0.5) is 0 Å². The Kier molecular flexibility index (Phi) is 6.19. The van der Waals surface area contributed by atoms with Crippen molar-refractivity contribution < 1.29 is 17.9 Å². The number of rotatable bonds is 4. The third-order valence-electron chi connectivity index (χ3n) is 4.70. The predicted molar refractivity (Wildman–Crippen MR) is 109 cm³/mol. The van der Waals surface area contributed by atoms with E-state index in [0.717, 1.165) is 5.56 Å². The molecule has 0 saturated carbocycles. The molecule has 1 saturated heterocycles. The Labute approximate surface area is 174 Å². The number of amides is 1. The lowest BCUT2D eigenvalue weighted by molar-refractivity contribution is 0.0697. The number of benzene rings is 2. The highest BCUT2D eigenvalue weighted by atomic mass is 35.5. The van der Waals surface area contributed by atoms with Gasteiger partial charge in [0.05, 0.1) is 17.2 Å². The molecule has 9 heteroatoms. The van der Waals surface area contributed by atoms with Crippen molar-refractivity contribution in [1.29, 1.82) is 0 Å². The molecule has 0 aliphatic carbocycles. The van der Waals surface area contributed by atoms with Crippen molar-refractivity contribution in [3.05, 3.63) is 57.6 Å². The smallest absolute Gasteiger partial charge is 0.254 e. The average molecular weight is 443 g/mol. The van der Waals surface area contributed by atoms with Gasteiger partial charge >= 0.3 is 0 Å². The molecule has 1 heterocycles. The van der Waals surface area contributed by atoms with E-state index in [1.54, 1.807) is 30.2 Å². The third-order valence-corrected chi connectivity index (χ3v) is 7.55. The summed E-state index contributed by atoms with van der Waals surface area (Å²) in [4.78, 5) is 14.3. The first-order valence-electron chi connectivity index (χ1n) is 8.64. The van der Waals surface area contributed by atoms with Gasteiger partial charge in [0.15, 0.2) is 0 Å². The van der Waals surface area contributed by atoms with E-state index in [0.29, 0.717) is 11.3 Å². The van der Waals surface area contributed by atoms with Gasteiger partial charge < -0.3 is 9.64 Å². The van der Waals surface area contributed by atoms with Crippen molar-refractivity contribution >= 4 is 39.1 Å². The number of ether oxygens (including phenoxy) is 1. The number of hydrogen-bond acceptors (Lipinski definition) is 4. The molecule has 3 rings (SSSR count). The Bertz CT molecular complexity index is 983. The van der Waals surface area contributed by atoms with E-state index in [-0.39, 0.29) is 47.0 Å². The summed E-state index contributed by atoms with van der Waals surface area (Å²) in [6.07, 6.45) is 0. The first-order chi connectivity index (χ1) is 13.3. The zero-order valence-electron chi connectivity index (χ0n) is 15.5. The van der Waals surface area contributed by atoms with Gasteiger partial charge in [-0.3, -0.25) is 4.79 Å². The van der Waals surface area contributed by atoms with Gasteiger partial charge in [-0.1, -0.05) is 35.3 Å². The topological polar surface area (TPSA) is 66.9 Å². The lowest BCUT2D eigenvalue weighted by atomic mass is 10.1. The fourth-order valence-corrected chi connectivity index (χ4v) is 5.64. The monoisotopic (exact) mass is 442 g/mol. The summed E-state index contributed by atoms with van der Waals surface area (Å²) in [6, 6.07) is 9.84. The lowest BCUT2D eigenvalue weighted by Crippen LogP contribution is -2.50. The highest BCUT2D eigenvalue weighted by Crippen LogP contribution is 2.32. The quantitative estimate of drug-likeness (QED) is 0.726. The Hall–Kier alpha value is -1.80. The van der Waals surface area contributed by atoms with E-state index < -0.39 is 10.0 Å². The van der Waals surface area contributed by atoms with Gasteiger partial charge in [0, 0.05) is 31.7 Å². The first kappa shape index (κ1) is 20.9. The molecule has 1 aliphatic heterocycles. The number of carbonyl (C=O) groups is 1. The van der Waals surface area contributed by atoms with Crippen LogP contribution in [0.25, 0.3) is 0 Å². The van der Waals surface area contributed by atoms with Gasteiger partial charge in [-0.15, -0.1) is 0 Å². The second-order valence-corrected chi connectivity index (χ2v) is 9.12. The van der Waals surface area contributed by atoms with E-state index in [1.807, 2.05) is 13.0 Å². The van der Waals surface area contributed by atoms with Crippen molar-refractivity contribution in [3.8, 4) is 5.75 Å². The summed E-state index contributed by atoms with van der Waals surface area (Å²) in [5.74, 6) is 0.478. The molecule has 0 aromatic heterocycles. The molecule has 0 bridgehead atoms. The molecule has 28 heavy (non-hydrogen) atoms. The Morgan fingerprint density at radius 3 is 2.21 bits per heavy atom.